The van der Waals surface area contributed by atoms with Gasteiger partial charge in [0.1, 0.15) is 0 Å². The van der Waals surface area contributed by atoms with E-state index in [1.165, 1.54) is 3.93 Å². The van der Waals surface area contributed by atoms with Gasteiger partial charge in [-0.2, -0.15) is 0 Å². The molecule has 0 spiro atoms. The zero-order chi connectivity index (χ0) is 6.28. The molecule has 0 aromatic carbocycles. The molecule has 0 fully saturated rings. The van der Waals surface area contributed by atoms with E-state index in [-0.39, 0.29) is 8.80 Å². The van der Waals surface area contributed by atoms with Crippen LogP contribution in [0.4, 0.5) is 0 Å². The van der Waals surface area contributed by atoms with Gasteiger partial charge in [0.25, 0.3) is 0 Å². The molecule has 0 unspecified atom stereocenters. The molecule has 0 N–H and O–H groups in total. The van der Waals surface area contributed by atoms with Crippen LogP contribution in [0.2, 0.25) is 23.6 Å². The van der Waals surface area contributed by atoms with Gasteiger partial charge in [-0.15, -0.1) is 0 Å². The Hall–Kier alpha value is 1.15. The van der Waals surface area contributed by atoms with E-state index in [0.29, 0.717) is 0 Å². The van der Waals surface area contributed by atoms with Crippen LogP contribution >= 0.6 is 0 Å². The van der Waals surface area contributed by atoms with Gasteiger partial charge in [-0.25, -0.2) is 0 Å². The topological polar surface area (TPSA) is 0 Å². The quantitative estimate of drug-likeness (QED) is 0.603. The van der Waals surface area contributed by atoms with Crippen molar-refractivity contribution in [3.63, 3.8) is 0 Å². The summed E-state index contributed by atoms with van der Waals surface area (Å²) in [4.78, 5) is 0. The van der Waals surface area contributed by atoms with Gasteiger partial charge in [0.2, 0.25) is 0 Å². The van der Waals surface area contributed by atoms with Crippen LogP contribution in [0.15, 0.2) is 0 Å². The summed E-state index contributed by atoms with van der Waals surface area (Å²) in [5.74, 6) is 0. The zero-order valence-corrected chi connectivity index (χ0v) is 12.4. The van der Waals surface area contributed by atoms with Crippen molar-refractivity contribution < 1.29 is 26.1 Å². The monoisotopic (exact) mass is 304 g/mol. The number of hydrogen-bond donors (Lipinski definition) is 0. The molecule has 7 heavy (non-hydrogen) atoms. The molecular weight excluding hydrogens is 289 g/mol. The second kappa shape index (κ2) is 10.2. The molecule has 0 aliphatic rings. The summed E-state index contributed by atoms with van der Waals surface area (Å²) in [7, 11) is 0.120. The Balaban J connectivity index is 0. The van der Waals surface area contributed by atoms with E-state index in [9.17, 15) is 0 Å². The van der Waals surface area contributed by atoms with Crippen molar-refractivity contribution in [1.82, 2.24) is 0 Å². The Morgan fingerprint density at radius 1 is 1.29 bits per heavy atom. The summed E-state index contributed by atoms with van der Waals surface area (Å²) in [6.45, 7) is 9.02. The fourth-order valence-corrected chi connectivity index (χ4v) is 0. The molecule has 0 aliphatic carbocycles. The van der Waals surface area contributed by atoms with Crippen molar-refractivity contribution in [2.24, 2.45) is 0 Å². The van der Waals surface area contributed by atoms with Crippen LogP contribution in [0.5, 0.6) is 0 Å². The largest absolute Gasteiger partial charge is 0.0715 e. The molecule has 0 saturated heterocycles. The maximum atomic E-state index is 2.27. The van der Waals surface area contributed by atoms with Crippen molar-refractivity contribution in [3.8, 4) is 0 Å². The molecule has 0 rings (SSSR count). The van der Waals surface area contributed by atoms with Crippen molar-refractivity contribution in [2.45, 2.75) is 30.5 Å². The van der Waals surface area contributed by atoms with Gasteiger partial charge >= 0.3 is 37.0 Å². The molecular formula is C5H14HgSi. The van der Waals surface area contributed by atoms with Gasteiger partial charge in [-0.05, 0) is 0 Å². The molecule has 0 atom stereocenters. The first kappa shape index (κ1) is 11.0. The minimum absolute atomic E-state index is 0.120. The molecule has 1 radical (unpaired) electrons. The van der Waals surface area contributed by atoms with Crippen LogP contribution in [0, 0.1) is 0 Å². The summed E-state index contributed by atoms with van der Waals surface area (Å²) in [6, 6.07) is 0. The third-order valence-electron chi connectivity index (χ3n) is 0. The molecule has 0 amide bonds. The third-order valence-corrected chi connectivity index (χ3v) is 0. The van der Waals surface area contributed by atoms with Crippen LogP contribution in [-0.2, 0) is 26.1 Å². The fourth-order valence-electron chi connectivity index (χ4n) is 0. The smallest absolute Gasteiger partial charge is 0.0379 e. The summed E-state index contributed by atoms with van der Waals surface area (Å²) in [6.07, 6.45) is 0. The minimum Gasteiger partial charge on any atom is -0.0715 e. The molecule has 0 aliphatic heterocycles. The average molecular weight is 303 g/mol. The number of rotatable bonds is 0. The summed E-state index contributed by atoms with van der Waals surface area (Å²) in [5, 5.41) is 0. The van der Waals surface area contributed by atoms with E-state index in [1.807, 2.05) is 0 Å². The predicted octanol–water partition coefficient (Wildman–Crippen LogP) is 2.34. The van der Waals surface area contributed by atoms with Gasteiger partial charge < -0.3 is 0 Å². The van der Waals surface area contributed by atoms with Crippen molar-refractivity contribution in [2.75, 3.05) is 0 Å². The van der Waals surface area contributed by atoms with Crippen molar-refractivity contribution in [1.29, 1.82) is 0 Å². The van der Waals surface area contributed by atoms with Crippen LogP contribution in [0.3, 0.4) is 0 Å². The normalized spacial score (nSPS) is 7.86. The van der Waals surface area contributed by atoms with Gasteiger partial charge in [0.05, 0.1) is 0 Å². The van der Waals surface area contributed by atoms with Crippen LogP contribution in [0.25, 0.3) is 0 Å². The number of hydrogen-bond acceptors (Lipinski definition) is 0. The molecule has 0 heterocycles. The first-order chi connectivity index (χ1) is 3.15. The van der Waals surface area contributed by atoms with Crippen LogP contribution in [0.1, 0.15) is 6.92 Å². The first-order valence-electron chi connectivity index (χ1n) is 2.71. The van der Waals surface area contributed by atoms with E-state index in [4.69, 9.17) is 0 Å². The molecule has 2 heteroatoms. The van der Waals surface area contributed by atoms with Gasteiger partial charge in [0, 0.05) is 8.80 Å². The minimum atomic E-state index is 0.120. The first-order valence-corrected chi connectivity index (χ1v) is 9.59. The van der Waals surface area contributed by atoms with Crippen molar-refractivity contribution >= 4 is 8.80 Å². The Labute approximate surface area is 65.3 Å². The van der Waals surface area contributed by atoms with E-state index in [2.05, 4.69) is 26.6 Å². The SMILES string of the molecule is C[CH2][Hg].C[Si](C)C. The van der Waals surface area contributed by atoms with E-state index in [0.717, 1.165) is 26.1 Å². The third kappa shape index (κ3) is 143. The van der Waals surface area contributed by atoms with E-state index < -0.39 is 0 Å². The molecule has 0 aromatic rings. The van der Waals surface area contributed by atoms with E-state index in [1.54, 1.807) is 0 Å². The van der Waals surface area contributed by atoms with Gasteiger partial charge in [-0.1, -0.05) is 19.6 Å². The molecule has 0 aromatic heterocycles. The predicted molar refractivity (Wildman–Crippen MR) is 33.8 cm³/mol. The molecule has 40 valence electrons. The fraction of sp³-hybridized carbons (Fsp3) is 1.00. The van der Waals surface area contributed by atoms with E-state index >= 15 is 0 Å². The summed E-state index contributed by atoms with van der Waals surface area (Å²) >= 11 is 1.07. The Kier molecular flexibility index (Phi) is 16.1. The molecule has 0 nitrogen and oxygen atoms in total. The molecule has 0 bridgehead atoms. The summed E-state index contributed by atoms with van der Waals surface area (Å²) in [5.41, 5.74) is 0. The maximum Gasteiger partial charge on any atom is 0.0379 e. The summed E-state index contributed by atoms with van der Waals surface area (Å²) < 4.78 is 1.44. The van der Waals surface area contributed by atoms with Gasteiger partial charge in [0.15, 0.2) is 0 Å². The second-order valence-corrected chi connectivity index (χ2v) is 8.89. The Morgan fingerprint density at radius 2 is 1.29 bits per heavy atom. The Bertz CT molecular complexity index is 19.3. The zero-order valence-electron chi connectivity index (χ0n) is 5.91. The average Bonchev–Trinajstić information content (AvgIpc) is 1.33. The van der Waals surface area contributed by atoms with Crippen LogP contribution in [-0.4, -0.2) is 8.80 Å². The standard InChI is InChI=1S/C3H9Si.C2H5.Hg/c1-4(2)3;1-2;/h1-3H3;1H2,2H3;. The Morgan fingerprint density at radius 3 is 1.29 bits per heavy atom. The van der Waals surface area contributed by atoms with Gasteiger partial charge in [-0.3, -0.25) is 0 Å². The molecule has 0 saturated carbocycles. The van der Waals surface area contributed by atoms with Crippen LogP contribution < -0.4 is 0 Å². The maximum absolute atomic E-state index is 2.27. The van der Waals surface area contributed by atoms with Crippen molar-refractivity contribution in [3.05, 3.63) is 0 Å². The second-order valence-electron chi connectivity index (χ2n) is 2.00.